The van der Waals surface area contributed by atoms with E-state index in [9.17, 15) is 39.1 Å². The second kappa shape index (κ2) is 66.0. The molecule has 14 N–H and O–H groups in total. The van der Waals surface area contributed by atoms with Crippen molar-refractivity contribution < 1.29 is 171 Å². The van der Waals surface area contributed by atoms with Gasteiger partial charge in [0.15, 0.2) is 5.84 Å². The number of nitro groups is 3. The topological polar surface area (TPSA) is 532 Å². The molecule has 0 spiro atoms. The van der Waals surface area contributed by atoms with Crippen LogP contribution in [0.4, 0.5) is 105 Å². The molecule has 13 aromatic carbocycles. The molecule has 0 fully saturated rings. The number of carbonyl (C=O) groups is 1. The van der Waals surface area contributed by atoms with Gasteiger partial charge < -0.3 is 75.7 Å². The zero-order valence-electron chi connectivity index (χ0n) is 77.5. The van der Waals surface area contributed by atoms with Crippen LogP contribution >= 0.6 is 105 Å². The zero-order valence-corrected chi connectivity index (χ0v) is 90.4. The number of nitrogens with zero attached hydrogens (tertiary/aromatic N) is 10. The summed E-state index contributed by atoms with van der Waals surface area (Å²) in [5.41, 5.74) is 35.5. The normalized spacial score (nSPS) is 10.2. The average Bonchev–Trinajstić information content (AvgIpc) is 1.83. The number of amidine groups is 2. The monoisotopic (exact) mass is 2140 g/mol. The molecular weight excluding hydrogens is 2060 g/mol. The number of aliphatic hydroxyl groups is 1. The van der Waals surface area contributed by atoms with Gasteiger partial charge in [-0.1, -0.05) is 154 Å². The number of hydrogen-bond acceptors (Lipinski definition) is 26. The van der Waals surface area contributed by atoms with E-state index in [4.69, 9.17) is 162 Å². The van der Waals surface area contributed by atoms with Gasteiger partial charge in [0.2, 0.25) is 5.82 Å². The van der Waals surface area contributed by atoms with Crippen molar-refractivity contribution in [1.82, 2.24) is 0 Å². The maximum absolute atomic E-state index is 12.8. The van der Waals surface area contributed by atoms with Gasteiger partial charge in [0.25, 0.3) is 22.9 Å². The van der Waals surface area contributed by atoms with Gasteiger partial charge in [-0.2, -0.15) is 29.9 Å². The van der Waals surface area contributed by atoms with Crippen molar-refractivity contribution in [2.24, 2.45) is 15.2 Å². The molecule has 0 saturated carbocycles. The van der Waals surface area contributed by atoms with Gasteiger partial charge in [-0.25, -0.2) is 9.38 Å². The molecule has 15 rings (SSSR count). The van der Waals surface area contributed by atoms with Crippen LogP contribution < -0.4 is 170 Å². The Morgan fingerprint density at radius 1 is 0.447 bits per heavy atom. The summed E-state index contributed by atoms with van der Waals surface area (Å²) in [4.78, 5) is 54.5. The van der Waals surface area contributed by atoms with Crippen LogP contribution in [0.1, 0.15) is 80.7 Å². The summed E-state index contributed by atoms with van der Waals surface area (Å²) < 4.78 is 28.9. The first kappa shape index (κ1) is 129. The largest absolute Gasteiger partial charge is 1.00 e. The Kier molecular flexibility index (Phi) is 60.5. The standard InChI is InChI=1S/C14H11Cl2N3.2C14H10ClN3O2.2C14H12ClN3.C7H5ClFNO2.C7H6ClF.C7H6N2.C2H6O.CH2O3.ClH.FH.K.HNO3.2Na.H/c1-8-6-12-13(7-10(8)15)18-14(19-16)9-4-2-3-5-11(9)17-12;2*1-9-6-13(14(18(19)20)7-11(9)15)17-12-5-3-2-4-10(12)8-16;1-8-6-12-13(7-10(8)15)18-14(16)9-4-2-3-5-11(9)17-12;1-9-6-14(12(17)7-11(9)15)18-13-5-3-2-4-10(13)8-16;1-4-2-6(9)7(10(11)12)3-5(4)8;1-5-4-6(9)2-3-7(5)8;8-5-6-3-1-2-4-7(6)9;1-2-3;2-1-4-3;;;;2-1(3)4;;;/h2-7,17H,1H3,(H,18,19);2*2-7,17H,1H3;2-7,17H,1H3,(H2,16,18);2-7,18H,17H2,1H3;2-3H,1H3;2-4H,1H3;1-4H,9H2;3H,2H2,1H3;1,3H;2*1H;;(H,2,3,4);;;/q;;;;;;;;;;;;+1;;2*+1;-1/p-2. The molecule has 0 unspecified atom stereocenters. The summed E-state index contributed by atoms with van der Waals surface area (Å²) in [6, 6.07) is 75.1. The molecule has 2 heterocycles. The summed E-state index contributed by atoms with van der Waals surface area (Å²) in [6.45, 7) is 14.5. The number of nitrogens with two attached hydrogens (primary N) is 3. The first-order valence-electron chi connectivity index (χ1n) is 38.9. The third kappa shape index (κ3) is 41.3. The summed E-state index contributed by atoms with van der Waals surface area (Å²) in [5, 5.41) is 120. The molecule has 0 aromatic heterocycles. The predicted molar refractivity (Wildman–Crippen MR) is 539 cm³/mol. The molecule has 0 aliphatic carbocycles. The van der Waals surface area contributed by atoms with E-state index in [2.05, 4.69) is 52.4 Å². The SMILES string of the molecule is CCO.Cc1cc(F)c([N+](=O)[O-])cc1Cl.Cc1cc(F)ccc1Cl.Cc1cc(Nc2ccccc2C#N)c(N)cc1Cl.Cc1cc(Nc2ccccc2C#N)c([N+](=O)[O-])cc1Cl.Cc1cc(Nc2ccccc2C#N)c([N+](=O)[O-])cc1Cl.Cc1cc2c(cc1Cl)N=C(N)c1ccccc1N2.Cc1cc2c(cc1Cl)NC(=NCl)c1ccccc1N2.Cl.N#Cc1ccccc1N.O=CO[O-].O=[N+]([O-])O.[F-].[H-].[K+].[Na+].[Na+]. The van der Waals surface area contributed by atoms with Gasteiger partial charge in [-0.15, -0.1) is 22.5 Å². The molecule has 0 saturated heterocycles. The van der Waals surface area contributed by atoms with Crippen molar-refractivity contribution in [3.63, 3.8) is 0 Å². The van der Waals surface area contributed by atoms with E-state index in [0.717, 1.165) is 91.0 Å². The Balaban J connectivity index is 0. The van der Waals surface area contributed by atoms with Crippen molar-refractivity contribution in [3.8, 4) is 24.3 Å². The molecule has 13 aromatic rings. The van der Waals surface area contributed by atoms with E-state index >= 15 is 0 Å². The first-order chi connectivity index (χ1) is 64.6. The molecule has 718 valence electrons. The fourth-order valence-electron chi connectivity index (χ4n) is 11.2. The number of nitro benzene ring substituents is 3. The van der Waals surface area contributed by atoms with Gasteiger partial charge in [0, 0.05) is 84.9 Å². The minimum Gasteiger partial charge on any atom is -1.00 e. The van der Waals surface area contributed by atoms with Crippen molar-refractivity contribution in [3.05, 3.63) is 396 Å². The minimum atomic E-state index is -1.50. The van der Waals surface area contributed by atoms with Crippen molar-refractivity contribution >= 4 is 220 Å². The molecule has 2 aliphatic rings. The molecule has 0 atom stereocenters. The maximum Gasteiger partial charge on any atom is 1.00 e. The predicted octanol–water partition coefficient (Wildman–Crippen LogP) is 13.9. The van der Waals surface area contributed by atoms with E-state index in [-0.39, 0.29) is 164 Å². The molecular formula is C94H82Cl9F3KN19Na2O13. The van der Waals surface area contributed by atoms with Gasteiger partial charge in [0.05, 0.1) is 103 Å². The van der Waals surface area contributed by atoms with Crippen LogP contribution in [0.3, 0.4) is 0 Å². The molecule has 141 heavy (non-hydrogen) atoms. The van der Waals surface area contributed by atoms with Gasteiger partial charge in [-0.3, -0.25) is 35.1 Å². The third-order valence-electron chi connectivity index (χ3n) is 18.0. The zero-order chi connectivity index (χ0) is 101. The molecule has 47 heteroatoms. The number of nitriles is 4. The van der Waals surface area contributed by atoms with E-state index in [1.54, 1.807) is 138 Å². The Bertz CT molecular complexity index is 6660. The number of aliphatic hydroxyl groups excluding tert-OH is 1. The smallest absolute Gasteiger partial charge is 1.00 e. The molecule has 0 amide bonds. The Morgan fingerprint density at radius 2 is 0.773 bits per heavy atom. The maximum atomic E-state index is 12.8. The van der Waals surface area contributed by atoms with Gasteiger partial charge in [-0.05, 0) is 240 Å². The number of nitrogens with one attached hydrogen (secondary N) is 6. The quantitative estimate of drug-likeness (QED) is 0.0151. The summed E-state index contributed by atoms with van der Waals surface area (Å²) >= 11 is 46.9. The molecule has 32 nitrogen and oxygen atoms in total. The number of halogens is 12. The third-order valence-corrected chi connectivity index (χ3v) is 21.0. The van der Waals surface area contributed by atoms with Crippen LogP contribution in [-0.2, 0) is 9.68 Å². The van der Waals surface area contributed by atoms with Crippen LogP contribution in [0, 0.1) is 146 Å². The number of nitrogen functional groups attached to an aromatic ring is 2. The second-order valence-corrected chi connectivity index (χ2v) is 30.6. The summed E-state index contributed by atoms with van der Waals surface area (Å²) in [7, 11) is 0. The Labute approximate surface area is 942 Å². The van der Waals surface area contributed by atoms with Crippen LogP contribution in [0.25, 0.3) is 0 Å². The van der Waals surface area contributed by atoms with Crippen LogP contribution in [0.15, 0.2) is 246 Å². The molecule has 0 bridgehead atoms. The van der Waals surface area contributed by atoms with Crippen LogP contribution in [0.2, 0.25) is 35.2 Å². The number of aryl methyl sites for hydroxylation is 7. The van der Waals surface area contributed by atoms with E-state index in [1.807, 2.05) is 136 Å². The number of carbonyl (C=O) groups excluding carboxylic acids is 1. The van der Waals surface area contributed by atoms with Crippen molar-refractivity contribution in [2.75, 3.05) is 50.0 Å². The number of para-hydroxylation sites is 6. The second-order valence-electron chi connectivity index (χ2n) is 27.6. The first-order valence-corrected chi connectivity index (χ1v) is 41.9. The van der Waals surface area contributed by atoms with Crippen molar-refractivity contribution in [1.29, 1.82) is 21.0 Å². The summed E-state index contributed by atoms with van der Waals surface area (Å²) in [6.07, 6.45) is 0. The fourth-order valence-corrected chi connectivity index (χ4v) is 12.5. The molecule has 2 aliphatic heterocycles. The van der Waals surface area contributed by atoms with Gasteiger partial charge in [0.1, 0.15) is 47.3 Å². The molecule has 0 radical (unpaired) electrons. The fraction of sp³-hybridized carbons (Fsp3) is 0.0957. The van der Waals surface area contributed by atoms with Crippen molar-refractivity contribution in [2.45, 2.75) is 55.4 Å². The Morgan fingerprint density at radius 3 is 1.18 bits per heavy atom. The van der Waals surface area contributed by atoms with Crippen LogP contribution in [-0.4, -0.2) is 54.9 Å². The number of aliphatic imine (C=N–C) groups is 1. The number of rotatable bonds is 10. The number of anilines is 13. The summed E-state index contributed by atoms with van der Waals surface area (Å²) in [5.74, 6) is -0.000920. The minimum absolute atomic E-state index is 0. The number of hydrogen-bond donors (Lipinski definition) is 11. The van der Waals surface area contributed by atoms with E-state index < -0.39 is 31.4 Å². The van der Waals surface area contributed by atoms with E-state index in [1.165, 1.54) is 24.3 Å². The van der Waals surface area contributed by atoms with E-state index in [0.29, 0.717) is 115 Å². The van der Waals surface area contributed by atoms with Gasteiger partial charge >= 0.3 is 116 Å². The number of benzene rings is 13. The average molecular weight is 2150 g/mol. The van der Waals surface area contributed by atoms with Crippen LogP contribution in [0.5, 0.6) is 0 Å². The Hall–Kier alpha value is -11.8. The number of fused-ring (bicyclic) bond motifs is 4.